The second kappa shape index (κ2) is 12.4. The fraction of sp³-hybridized carbons (Fsp3) is 0.571. The van der Waals surface area contributed by atoms with Gasteiger partial charge in [-0.15, -0.1) is 0 Å². The number of ether oxygens (including phenoxy) is 1. The smallest absolute Gasteiger partial charge is 0.191 e. The molecule has 6 heteroatoms. The first kappa shape index (κ1) is 21.3. The van der Waals surface area contributed by atoms with Crippen molar-refractivity contribution >= 4 is 11.6 Å². The highest BCUT2D eigenvalue weighted by molar-refractivity contribution is 5.79. The van der Waals surface area contributed by atoms with Crippen molar-refractivity contribution in [1.82, 2.24) is 15.5 Å². The van der Waals surface area contributed by atoms with E-state index in [2.05, 4.69) is 70.8 Å². The Kier molecular flexibility index (Phi) is 9.73. The van der Waals surface area contributed by atoms with E-state index >= 15 is 0 Å². The van der Waals surface area contributed by atoms with E-state index in [-0.39, 0.29) is 0 Å². The van der Waals surface area contributed by atoms with Crippen LogP contribution in [0, 0.1) is 0 Å². The molecule has 1 aromatic carbocycles. The molecule has 1 aliphatic rings. The van der Waals surface area contributed by atoms with Crippen LogP contribution < -0.4 is 15.5 Å². The molecule has 0 atom stereocenters. The zero-order valence-electron chi connectivity index (χ0n) is 17.1. The summed E-state index contributed by atoms with van der Waals surface area (Å²) >= 11 is 0. The minimum absolute atomic E-state index is 0.675. The van der Waals surface area contributed by atoms with Gasteiger partial charge in [0, 0.05) is 58.7 Å². The molecule has 2 rings (SSSR count). The molecule has 1 heterocycles. The number of aliphatic imine (C=N–C) groups is 1. The molecule has 0 saturated carbocycles. The van der Waals surface area contributed by atoms with Gasteiger partial charge in [-0.3, -0.25) is 0 Å². The Morgan fingerprint density at radius 3 is 2.78 bits per heavy atom. The second-order valence-corrected chi connectivity index (χ2v) is 6.82. The number of hydrogen-bond acceptors (Lipinski definition) is 4. The van der Waals surface area contributed by atoms with Crippen LogP contribution in [0.2, 0.25) is 0 Å². The van der Waals surface area contributed by atoms with Crippen molar-refractivity contribution in [2.24, 2.45) is 4.99 Å². The van der Waals surface area contributed by atoms with Crippen LogP contribution in [0.15, 0.2) is 41.4 Å². The summed E-state index contributed by atoms with van der Waals surface area (Å²) in [6.45, 7) is 9.32. The zero-order chi connectivity index (χ0) is 19.3. The normalized spacial score (nSPS) is 14.2. The SMILES string of the molecule is CCNC(=NCc1cccc(N2CC=CC2)c1)NCCN(C)CCCOC. The largest absolute Gasteiger partial charge is 0.385 e. The lowest BCUT2D eigenvalue weighted by Gasteiger charge is -2.19. The van der Waals surface area contributed by atoms with E-state index in [4.69, 9.17) is 9.73 Å². The highest BCUT2D eigenvalue weighted by atomic mass is 16.5. The van der Waals surface area contributed by atoms with Gasteiger partial charge in [0.25, 0.3) is 0 Å². The third-order valence-corrected chi connectivity index (χ3v) is 4.53. The molecule has 1 aliphatic heterocycles. The molecular weight excluding hydrogens is 338 g/mol. The molecule has 1 aromatic rings. The van der Waals surface area contributed by atoms with E-state index in [0.29, 0.717) is 6.54 Å². The maximum atomic E-state index is 5.10. The molecule has 27 heavy (non-hydrogen) atoms. The summed E-state index contributed by atoms with van der Waals surface area (Å²) in [6, 6.07) is 8.67. The fourth-order valence-electron chi connectivity index (χ4n) is 3.01. The molecule has 0 amide bonds. The average Bonchev–Trinajstić information content (AvgIpc) is 3.21. The zero-order valence-corrected chi connectivity index (χ0v) is 17.1. The summed E-state index contributed by atoms with van der Waals surface area (Å²) in [4.78, 5) is 9.41. The van der Waals surface area contributed by atoms with Crippen molar-refractivity contribution in [3.63, 3.8) is 0 Å². The standard InChI is InChI=1S/C21H35N5O/c1-4-22-21(23-11-15-25(2)12-8-16-27-3)24-18-19-9-7-10-20(17-19)26-13-5-6-14-26/h5-7,9-10,17H,4,8,11-16,18H2,1-3H3,(H2,22,23,24). The quantitative estimate of drug-likeness (QED) is 0.269. The molecule has 0 aromatic heterocycles. The topological polar surface area (TPSA) is 52.1 Å². The summed E-state index contributed by atoms with van der Waals surface area (Å²) in [7, 11) is 3.89. The Hall–Kier alpha value is -2.05. The number of likely N-dealkylation sites (N-methyl/N-ethyl adjacent to an activating group) is 1. The molecule has 6 nitrogen and oxygen atoms in total. The first-order valence-corrected chi connectivity index (χ1v) is 9.91. The lowest BCUT2D eigenvalue weighted by Crippen LogP contribution is -2.41. The van der Waals surface area contributed by atoms with Crippen LogP contribution in [0.4, 0.5) is 5.69 Å². The van der Waals surface area contributed by atoms with E-state index in [1.54, 1.807) is 7.11 Å². The van der Waals surface area contributed by atoms with Gasteiger partial charge in [0.15, 0.2) is 5.96 Å². The minimum atomic E-state index is 0.675. The van der Waals surface area contributed by atoms with E-state index in [9.17, 15) is 0 Å². The molecule has 0 bridgehead atoms. The molecule has 150 valence electrons. The highest BCUT2D eigenvalue weighted by Gasteiger charge is 2.08. The van der Waals surface area contributed by atoms with Crippen molar-refractivity contribution in [3.05, 3.63) is 42.0 Å². The third kappa shape index (κ3) is 8.01. The number of anilines is 1. The number of guanidine groups is 1. The first-order valence-electron chi connectivity index (χ1n) is 9.91. The van der Waals surface area contributed by atoms with Crippen molar-refractivity contribution in [3.8, 4) is 0 Å². The highest BCUT2D eigenvalue weighted by Crippen LogP contribution is 2.18. The average molecular weight is 374 g/mol. The van der Waals surface area contributed by atoms with Gasteiger partial charge in [-0.25, -0.2) is 4.99 Å². The molecule has 2 N–H and O–H groups in total. The molecular formula is C21H35N5O. The number of hydrogen-bond donors (Lipinski definition) is 2. The van der Waals surface area contributed by atoms with Crippen molar-refractivity contribution in [2.75, 3.05) is 64.9 Å². The van der Waals surface area contributed by atoms with E-state index in [1.807, 2.05) is 0 Å². The Morgan fingerprint density at radius 2 is 2.04 bits per heavy atom. The van der Waals surface area contributed by atoms with Crippen LogP contribution in [-0.2, 0) is 11.3 Å². The maximum absolute atomic E-state index is 5.10. The van der Waals surface area contributed by atoms with Gasteiger partial charge < -0.3 is 25.2 Å². The number of rotatable bonds is 11. The third-order valence-electron chi connectivity index (χ3n) is 4.53. The predicted molar refractivity (Wildman–Crippen MR) is 115 cm³/mol. The number of benzene rings is 1. The minimum Gasteiger partial charge on any atom is -0.385 e. The van der Waals surface area contributed by atoms with Crippen LogP contribution in [0.25, 0.3) is 0 Å². The summed E-state index contributed by atoms with van der Waals surface area (Å²) in [6.07, 6.45) is 5.48. The Labute approximate surface area is 164 Å². The van der Waals surface area contributed by atoms with E-state index < -0.39 is 0 Å². The van der Waals surface area contributed by atoms with Crippen molar-refractivity contribution in [2.45, 2.75) is 19.9 Å². The lowest BCUT2D eigenvalue weighted by atomic mass is 10.2. The van der Waals surface area contributed by atoms with Gasteiger partial charge in [0.2, 0.25) is 0 Å². The Balaban J connectivity index is 1.81. The number of methoxy groups -OCH3 is 1. The summed E-state index contributed by atoms with van der Waals surface area (Å²) in [5.41, 5.74) is 2.50. The van der Waals surface area contributed by atoms with Gasteiger partial charge >= 0.3 is 0 Å². The van der Waals surface area contributed by atoms with Gasteiger partial charge in [0.1, 0.15) is 0 Å². The van der Waals surface area contributed by atoms with Crippen LogP contribution in [0.3, 0.4) is 0 Å². The molecule has 0 radical (unpaired) electrons. The van der Waals surface area contributed by atoms with Gasteiger partial charge in [-0.05, 0) is 38.1 Å². The molecule has 0 aliphatic carbocycles. The van der Waals surface area contributed by atoms with Crippen LogP contribution in [0.1, 0.15) is 18.9 Å². The molecule has 0 unspecified atom stereocenters. The number of nitrogens with zero attached hydrogens (tertiary/aromatic N) is 3. The van der Waals surface area contributed by atoms with Gasteiger partial charge in [-0.2, -0.15) is 0 Å². The monoisotopic (exact) mass is 373 g/mol. The van der Waals surface area contributed by atoms with Crippen molar-refractivity contribution < 1.29 is 4.74 Å². The van der Waals surface area contributed by atoms with Crippen LogP contribution >= 0.6 is 0 Å². The molecule has 0 fully saturated rings. The summed E-state index contributed by atoms with van der Waals surface area (Å²) in [5.74, 6) is 0.871. The Bertz CT molecular complexity index is 594. The summed E-state index contributed by atoms with van der Waals surface area (Å²) in [5, 5.41) is 6.76. The first-order chi connectivity index (χ1) is 13.2. The molecule has 0 spiro atoms. The van der Waals surface area contributed by atoms with Gasteiger partial charge in [0.05, 0.1) is 6.54 Å². The van der Waals surface area contributed by atoms with Crippen molar-refractivity contribution in [1.29, 1.82) is 0 Å². The van der Waals surface area contributed by atoms with Gasteiger partial charge in [-0.1, -0.05) is 24.3 Å². The van der Waals surface area contributed by atoms with E-state index in [0.717, 1.165) is 58.3 Å². The fourth-order valence-corrected chi connectivity index (χ4v) is 3.01. The van der Waals surface area contributed by atoms with Crippen LogP contribution in [-0.4, -0.2) is 70.9 Å². The molecule has 0 saturated heterocycles. The number of nitrogens with one attached hydrogen (secondary N) is 2. The Morgan fingerprint density at radius 1 is 1.22 bits per heavy atom. The summed E-state index contributed by atoms with van der Waals surface area (Å²) < 4.78 is 5.10. The second-order valence-electron chi connectivity index (χ2n) is 6.82. The van der Waals surface area contributed by atoms with Crippen LogP contribution in [0.5, 0.6) is 0 Å². The lowest BCUT2D eigenvalue weighted by molar-refractivity contribution is 0.180. The predicted octanol–water partition coefficient (Wildman–Crippen LogP) is 2.09. The van der Waals surface area contributed by atoms with E-state index in [1.165, 1.54) is 11.3 Å². The maximum Gasteiger partial charge on any atom is 0.191 e.